The molecule has 2 heterocycles. The van der Waals surface area contributed by atoms with E-state index >= 15 is 0 Å². The van der Waals surface area contributed by atoms with E-state index in [1.807, 2.05) is 0 Å². The van der Waals surface area contributed by atoms with Crippen molar-refractivity contribution in [2.45, 2.75) is 0 Å². The lowest BCUT2D eigenvalue weighted by Gasteiger charge is -2.19. The van der Waals surface area contributed by atoms with Gasteiger partial charge >= 0.3 is 6.03 Å². The number of likely N-dealkylation sites (N-methyl/N-ethyl adjacent to an activating group) is 1. The number of nitrogens with one attached hydrogen (secondary N) is 2. The summed E-state index contributed by atoms with van der Waals surface area (Å²) in [6, 6.07) is 5.11. The molecule has 0 saturated carbocycles. The minimum atomic E-state index is -0.585. The molecule has 0 aliphatic carbocycles. The highest BCUT2D eigenvalue weighted by Crippen LogP contribution is 2.19. The molecule has 0 bridgehead atoms. The number of nitrogens with zero attached hydrogens (tertiary/aromatic N) is 3. The fourth-order valence-corrected chi connectivity index (χ4v) is 2.27. The summed E-state index contributed by atoms with van der Waals surface area (Å²) in [5, 5.41) is 5.69. The first-order chi connectivity index (χ1) is 10.6. The van der Waals surface area contributed by atoms with Crippen molar-refractivity contribution in [3.63, 3.8) is 0 Å². The molecule has 1 aliphatic heterocycles. The van der Waals surface area contributed by atoms with E-state index in [1.165, 1.54) is 0 Å². The predicted octanol–water partition coefficient (Wildman–Crippen LogP) is 0.158. The third-order valence-corrected chi connectivity index (χ3v) is 3.58. The van der Waals surface area contributed by atoms with Gasteiger partial charge in [-0.2, -0.15) is 0 Å². The van der Waals surface area contributed by atoms with E-state index in [9.17, 15) is 14.4 Å². The van der Waals surface area contributed by atoms with Gasteiger partial charge in [-0.15, -0.1) is 0 Å². The summed E-state index contributed by atoms with van der Waals surface area (Å²) >= 11 is 0. The highest BCUT2D eigenvalue weighted by atomic mass is 16.2. The summed E-state index contributed by atoms with van der Waals surface area (Å²) in [6.45, 7) is 1.41. The lowest BCUT2D eigenvalue weighted by Crippen LogP contribution is -2.40. The number of amides is 2. The Morgan fingerprint density at radius 3 is 2.55 bits per heavy atom. The molecule has 1 saturated heterocycles. The van der Waals surface area contributed by atoms with Gasteiger partial charge in [0, 0.05) is 26.3 Å². The molecule has 114 valence electrons. The summed E-state index contributed by atoms with van der Waals surface area (Å²) in [5.74, 6) is 0.481. The molecule has 1 fully saturated rings. The average molecular weight is 301 g/mol. The van der Waals surface area contributed by atoms with Crippen LogP contribution in [0.2, 0.25) is 0 Å². The molecular formula is C14H15N5O3. The molecule has 8 nitrogen and oxygen atoms in total. The number of anilines is 3. The molecule has 8 heteroatoms. The molecule has 2 N–H and O–H groups in total. The highest BCUT2D eigenvalue weighted by molar-refractivity contribution is 5.79. The molecule has 0 unspecified atom stereocenters. The maximum atomic E-state index is 11.8. The first-order valence-electron chi connectivity index (χ1n) is 6.83. The Bertz CT molecular complexity index is 766. The smallest absolute Gasteiger partial charge is 0.321 e. The van der Waals surface area contributed by atoms with E-state index in [0.717, 1.165) is 0 Å². The van der Waals surface area contributed by atoms with Gasteiger partial charge in [0.2, 0.25) is 0 Å². The van der Waals surface area contributed by atoms with E-state index in [4.69, 9.17) is 0 Å². The number of carbonyl (C=O) groups excluding carboxylic acids is 1. The van der Waals surface area contributed by atoms with Crippen LogP contribution in [0.5, 0.6) is 0 Å². The van der Waals surface area contributed by atoms with Gasteiger partial charge in [-0.05, 0) is 12.1 Å². The number of urea groups is 1. The maximum Gasteiger partial charge on any atom is 0.321 e. The molecule has 0 radical (unpaired) electrons. The zero-order valence-corrected chi connectivity index (χ0v) is 12.0. The third kappa shape index (κ3) is 2.39. The van der Waals surface area contributed by atoms with E-state index in [-0.39, 0.29) is 24.1 Å². The first kappa shape index (κ1) is 14.1. The quantitative estimate of drug-likeness (QED) is 0.764. The standard InChI is InChI=1S/C14H15N5O3/c1-18-6-7-19(14(18)22)8-16-10-11(13(21)12(10)20)17-9-4-2-3-5-15-9/h2-5,16H,6-8H2,1H3,(H,15,17). The highest BCUT2D eigenvalue weighted by Gasteiger charge is 2.27. The van der Waals surface area contributed by atoms with Crippen LogP contribution in [-0.4, -0.2) is 47.6 Å². The lowest BCUT2D eigenvalue weighted by atomic mass is 10.2. The fourth-order valence-electron chi connectivity index (χ4n) is 2.27. The molecule has 2 aromatic rings. The van der Waals surface area contributed by atoms with Crippen LogP contribution in [0.4, 0.5) is 22.0 Å². The van der Waals surface area contributed by atoms with Crippen molar-refractivity contribution in [3.8, 4) is 0 Å². The molecular weight excluding hydrogens is 286 g/mol. The van der Waals surface area contributed by atoms with Crippen LogP contribution < -0.4 is 21.5 Å². The van der Waals surface area contributed by atoms with Crippen molar-refractivity contribution in [2.24, 2.45) is 0 Å². The van der Waals surface area contributed by atoms with Crippen molar-refractivity contribution < 1.29 is 4.79 Å². The van der Waals surface area contributed by atoms with Crippen LogP contribution in [-0.2, 0) is 0 Å². The van der Waals surface area contributed by atoms with Gasteiger partial charge in [0.15, 0.2) is 0 Å². The fraction of sp³-hybridized carbons (Fsp3) is 0.286. The first-order valence-corrected chi connectivity index (χ1v) is 6.83. The van der Waals surface area contributed by atoms with Crippen LogP contribution in [0.15, 0.2) is 34.0 Å². The number of hydrogen-bond acceptors (Lipinski definition) is 6. The second-order valence-corrected chi connectivity index (χ2v) is 5.05. The molecule has 0 atom stereocenters. The second kappa shape index (κ2) is 5.47. The Labute approximate surface area is 126 Å². The zero-order valence-electron chi connectivity index (χ0n) is 12.0. The van der Waals surface area contributed by atoms with Crippen molar-refractivity contribution in [2.75, 3.05) is 37.4 Å². The van der Waals surface area contributed by atoms with Gasteiger partial charge in [0.05, 0.1) is 6.67 Å². The maximum absolute atomic E-state index is 11.8. The van der Waals surface area contributed by atoms with Crippen LogP contribution in [0.1, 0.15) is 0 Å². The van der Waals surface area contributed by atoms with Gasteiger partial charge in [-0.25, -0.2) is 9.78 Å². The Kier molecular flexibility index (Phi) is 3.50. The zero-order chi connectivity index (χ0) is 15.7. The molecule has 1 aromatic heterocycles. The number of hydrogen-bond donors (Lipinski definition) is 2. The molecule has 1 aliphatic rings. The lowest BCUT2D eigenvalue weighted by molar-refractivity contribution is 0.201. The van der Waals surface area contributed by atoms with Crippen LogP contribution in [0.3, 0.4) is 0 Å². The van der Waals surface area contributed by atoms with Gasteiger partial charge in [0.25, 0.3) is 10.9 Å². The number of pyridine rings is 1. The van der Waals surface area contributed by atoms with E-state index in [1.54, 1.807) is 41.2 Å². The summed E-state index contributed by atoms with van der Waals surface area (Å²) in [6.07, 6.45) is 1.58. The molecule has 1 aromatic carbocycles. The molecule has 0 spiro atoms. The van der Waals surface area contributed by atoms with Crippen molar-refractivity contribution in [1.82, 2.24) is 14.8 Å². The Hall–Kier alpha value is -2.90. The third-order valence-electron chi connectivity index (χ3n) is 3.58. The predicted molar refractivity (Wildman–Crippen MR) is 82.1 cm³/mol. The SMILES string of the molecule is CN1CCN(CNc2c(Nc3ccccn3)c(=O)c2=O)C1=O. The largest absolute Gasteiger partial charge is 0.362 e. The van der Waals surface area contributed by atoms with Crippen molar-refractivity contribution in [3.05, 3.63) is 44.8 Å². The van der Waals surface area contributed by atoms with Gasteiger partial charge in [-0.3, -0.25) is 9.59 Å². The topological polar surface area (TPSA) is 94.6 Å². The number of carbonyl (C=O) groups is 1. The molecule has 2 amide bonds. The molecule has 22 heavy (non-hydrogen) atoms. The van der Waals surface area contributed by atoms with Gasteiger partial charge in [-0.1, -0.05) is 6.07 Å². The summed E-state index contributed by atoms with van der Waals surface area (Å²) < 4.78 is 0. The van der Waals surface area contributed by atoms with Crippen molar-refractivity contribution >= 4 is 23.2 Å². The van der Waals surface area contributed by atoms with E-state index in [0.29, 0.717) is 18.9 Å². The number of rotatable bonds is 5. The Balaban J connectivity index is 1.70. The molecule has 3 rings (SSSR count). The Morgan fingerprint density at radius 1 is 1.14 bits per heavy atom. The average Bonchev–Trinajstić information content (AvgIpc) is 2.86. The van der Waals surface area contributed by atoms with E-state index < -0.39 is 10.9 Å². The van der Waals surface area contributed by atoms with E-state index in [2.05, 4.69) is 15.6 Å². The summed E-state index contributed by atoms with van der Waals surface area (Å²) in [7, 11) is 1.72. The summed E-state index contributed by atoms with van der Waals surface area (Å²) in [5.41, 5.74) is -0.793. The van der Waals surface area contributed by atoms with Gasteiger partial charge in [0.1, 0.15) is 17.2 Å². The normalized spacial score (nSPS) is 14.7. The monoisotopic (exact) mass is 301 g/mol. The second-order valence-electron chi connectivity index (χ2n) is 5.05. The number of aromatic nitrogens is 1. The minimum Gasteiger partial charge on any atom is -0.362 e. The Morgan fingerprint density at radius 2 is 1.91 bits per heavy atom. The van der Waals surface area contributed by atoms with Crippen LogP contribution in [0, 0.1) is 0 Å². The van der Waals surface area contributed by atoms with Crippen LogP contribution >= 0.6 is 0 Å². The van der Waals surface area contributed by atoms with Crippen LogP contribution in [0.25, 0.3) is 0 Å². The minimum absolute atomic E-state index is 0.106. The van der Waals surface area contributed by atoms with Crippen molar-refractivity contribution in [1.29, 1.82) is 0 Å². The van der Waals surface area contributed by atoms with Gasteiger partial charge < -0.3 is 20.4 Å². The summed E-state index contributed by atoms with van der Waals surface area (Å²) in [4.78, 5) is 42.3.